The minimum Gasteiger partial charge on any atom is -0.319 e. The van der Waals surface area contributed by atoms with Gasteiger partial charge in [-0.15, -0.1) is 0 Å². The molecule has 0 bridgehead atoms. The third-order valence-corrected chi connectivity index (χ3v) is 4.49. The van der Waals surface area contributed by atoms with Crippen molar-refractivity contribution in [3.8, 4) is 11.3 Å². The molecule has 26 heavy (non-hydrogen) atoms. The van der Waals surface area contributed by atoms with Crippen LogP contribution in [0, 0.1) is 6.92 Å². The van der Waals surface area contributed by atoms with Crippen LogP contribution in [-0.2, 0) is 0 Å². The number of hydrogen-bond donors (Lipinski definition) is 1. The zero-order valence-electron chi connectivity index (χ0n) is 14.1. The SMILES string of the molecule is Cc1ccc(C(=O)Nc2cccn3c(-c4ccc(Cl)cc4)cnc23)cc1. The van der Waals surface area contributed by atoms with Gasteiger partial charge in [0.05, 0.1) is 17.6 Å². The summed E-state index contributed by atoms with van der Waals surface area (Å²) >= 11 is 5.97. The highest BCUT2D eigenvalue weighted by Gasteiger charge is 2.12. The fourth-order valence-electron chi connectivity index (χ4n) is 2.84. The van der Waals surface area contributed by atoms with Gasteiger partial charge in [-0.1, -0.05) is 41.4 Å². The maximum Gasteiger partial charge on any atom is 0.255 e. The van der Waals surface area contributed by atoms with E-state index in [-0.39, 0.29) is 5.91 Å². The molecule has 0 aliphatic heterocycles. The molecular formula is C21H16ClN3O. The van der Waals surface area contributed by atoms with Gasteiger partial charge in [0.2, 0.25) is 0 Å². The molecule has 5 heteroatoms. The van der Waals surface area contributed by atoms with Crippen molar-refractivity contribution in [1.82, 2.24) is 9.38 Å². The van der Waals surface area contributed by atoms with Crippen molar-refractivity contribution < 1.29 is 4.79 Å². The minimum atomic E-state index is -0.158. The van der Waals surface area contributed by atoms with Crippen molar-refractivity contribution >= 4 is 28.8 Å². The number of nitrogens with zero attached hydrogens (tertiary/aromatic N) is 2. The zero-order valence-corrected chi connectivity index (χ0v) is 14.9. The lowest BCUT2D eigenvalue weighted by Gasteiger charge is -2.08. The van der Waals surface area contributed by atoms with Crippen molar-refractivity contribution in [1.29, 1.82) is 0 Å². The van der Waals surface area contributed by atoms with Gasteiger partial charge in [0.1, 0.15) is 0 Å². The van der Waals surface area contributed by atoms with Crippen LogP contribution in [0.3, 0.4) is 0 Å². The standard InChI is InChI=1S/C21H16ClN3O/c1-14-4-6-16(7-5-14)21(26)24-18-3-2-12-25-19(13-23-20(18)25)15-8-10-17(22)11-9-15/h2-13H,1H3,(H,24,26). The number of anilines is 1. The van der Waals surface area contributed by atoms with Crippen molar-refractivity contribution in [2.24, 2.45) is 0 Å². The monoisotopic (exact) mass is 361 g/mol. The van der Waals surface area contributed by atoms with E-state index < -0.39 is 0 Å². The van der Waals surface area contributed by atoms with Gasteiger partial charge >= 0.3 is 0 Å². The summed E-state index contributed by atoms with van der Waals surface area (Å²) in [4.78, 5) is 17.0. The predicted octanol–water partition coefficient (Wildman–Crippen LogP) is 5.22. The molecule has 4 rings (SSSR count). The quantitative estimate of drug-likeness (QED) is 0.544. The van der Waals surface area contributed by atoms with E-state index in [1.54, 1.807) is 6.20 Å². The summed E-state index contributed by atoms with van der Waals surface area (Å²) in [6.07, 6.45) is 3.72. The number of rotatable bonds is 3. The highest BCUT2D eigenvalue weighted by atomic mass is 35.5. The van der Waals surface area contributed by atoms with E-state index in [1.807, 2.05) is 78.2 Å². The fourth-order valence-corrected chi connectivity index (χ4v) is 2.97. The Hall–Kier alpha value is -3.11. The number of carbonyl (C=O) groups is 1. The van der Waals surface area contributed by atoms with Crippen molar-refractivity contribution in [2.45, 2.75) is 6.92 Å². The van der Waals surface area contributed by atoms with Gasteiger partial charge in [-0.3, -0.25) is 9.20 Å². The minimum absolute atomic E-state index is 0.158. The molecule has 128 valence electrons. The smallest absolute Gasteiger partial charge is 0.255 e. The van der Waals surface area contributed by atoms with E-state index in [1.165, 1.54) is 0 Å². The van der Waals surface area contributed by atoms with Crippen molar-refractivity contribution in [3.63, 3.8) is 0 Å². The van der Waals surface area contributed by atoms with Gasteiger partial charge in [-0.25, -0.2) is 4.98 Å². The van der Waals surface area contributed by atoms with Crippen LogP contribution in [0.1, 0.15) is 15.9 Å². The van der Waals surface area contributed by atoms with Gasteiger partial charge in [0.25, 0.3) is 5.91 Å². The predicted molar refractivity (Wildman–Crippen MR) is 105 cm³/mol. The number of halogens is 1. The molecule has 0 saturated heterocycles. The molecular weight excluding hydrogens is 346 g/mol. The second kappa shape index (κ2) is 6.65. The number of fused-ring (bicyclic) bond motifs is 1. The number of pyridine rings is 1. The number of aromatic nitrogens is 2. The number of aryl methyl sites for hydroxylation is 1. The topological polar surface area (TPSA) is 46.4 Å². The van der Waals surface area contributed by atoms with Crippen LogP contribution >= 0.6 is 11.6 Å². The lowest BCUT2D eigenvalue weighted by molar-refractivity contribution is 0.102. The van der Waals surface area contributed by atoms with Crippen LogP contribution in [0.5, 0.6) is 0 Å². The third-order valence-electron chi connectivity index (χ3n) is 4.24. The molecule has 0 aliphatic carbocycles. The maximum atomic E-state index is 12.5. The summed E-state index contributed by atoms with van der Waals surface area (Å²) < 4.78 is 1.95. The van der Waals surface area contributed by atoms with Crippen LogP contribution in [-0.4, -0.2) is 15.3 Å². The Bertz CT molecular complexity index is 1080. The van der Waals surface area contributed by atoms with Crippen molar-refractivity contribution in [2.75, 3.05) is 5.32 Å². The number of benzene rings is 2. The molecule has 2 heterocycles. The van der Waals surface area contributed by atoms with Gasteiger partial charge in [-0.2, -0.15) is 0 Å². The van der Waals surface area contributed by atoms with E-state index >= 15 is 0 Å². The van der Waals surface area contributed by atoms with Crippen LogP contribution in [0.2, 0.25) is 5.02 Å². The lowest BCUT2D eigenvalue weighted by atomic mass is 10.1. The summed E-state index contributed by atoms with van der Waals surface area (Å²) in [6, 6.07) is 18.8. The Morgan fingerprint density at radius 3 is 2.50 bits per heavy atom. The third kappa shape index (κ3) is 3.07. The van der Waals surface area contributed by atoms with E-state index in [0.29, 0.717) is 21.9 Å². The molecule has 1 amide bonds. The Kier molecular flexibility index (Phi) is 4.19. The molecule has 0 radical (unpaired) electrons. The van der Waals surface area contributed by atoms with E-state index in [0.717, 1.165) is 16.8 Å². The Morgan fingerprint density at radius 1 is 1.04 bits per heavy atom. The summed E-state index contributed by atoms with van der Waals surface area (Å²) in [7, 11) is 0. The summed E-state index contributed by atoms with van der Waals surface area (Å²) in [5, 5.41) is 3.64. The Labute approximate surface area is 156 Å². The van der Waals surface area contributed by atoms with Gasteiger partial charge in [0, 0.05) is 22.3 Å². The average Bonchev–Trinajstić information content (AvgIpc) is 3.08. The fraction of sp³-hybridized carbons (Fsp3) is 0.0476. The highest BCUT2D eigenvalue weighted by Crippen LogP contribution is 2.26. The first-order valence-corrected chi connectivity index (χ1v) is 8.60. The molecule has 0 spiro atoms. The Morgan fingerprint density at radius 2 is 1.77 bits per heavy atom. The number of hydrogen-bond acceptors (Lipinski definition) is 2. The lowest BCUT2D eigenvalue weighted by Crippen LogP contribution is -2.12. The molecule has 0 aliphatic rings. The van der Waals surface area contributed by atoms with Gasteiger partial charge in [0.15, 0.2) is 5.65 Å². The molecule has 0 fully saturated rings. The van der Waals surface area contributed by atoms with Crippen LogP contribution in [0.15, 0.2) is 73.1 Å². The average molecular weight is 362 g/mol. The normalized spacial score (nSPS) is 10.8. The summed E-state index contributed by atoms with van der Waals surface area (Å²) in [6.45, 7) is 1.99. The van der Waals surface area contributed by atoms with E-state index in [4.69, 9.17) is 11.6 Å². The van der Waals surface area contributed by atoms with Gasteiger partial charge < -0.3 is 5.32 Å². The molecule has 4 aromatic rings. The molecule has 1 N–H and O–H groups in total. The molecule has 0 saturated carbocycles. The maximum absolute atomic E-state index is 12.5. The molecule has 0 unspecified atom stereocenters. The number of nitrogens with one attached hydrogen (secondary N) is 1. The first-order chi connectivity index (χ1) is 12.6. The summed E-state index contributed by atoms with van der Waals surface area (Å²) in [5.41, 5.74) is 5.02. The van der Waals surface area contributed by atoms with Crippen LogP contribution in [0.4, 0.5) is 5.69 Å². The largest absolute Gasteiger partial charge is 0.319 e. The Balaban J connectivity index is 1.69. The number of carbonyl (C=O) groups excluding carboxylic acids is 1. The molecule has 4 nitrogen and oxygen atoms in total. The molecule has 2 aromatic heterocycles. The number of amides is 1. The first-order valence-electron chi connectivity index (χ1n) is 8.22. The van der Waals surface area contributed by atoms with E-state index in [9.17, 15) is 4.79 Å². The molecule has 0 atom stereocenters. The second-order valence-corrected chi connectivity index (χ2v) is 6.52. The van der Waals surface area contributed by atoms with Crippen LogP contribution in [0.25, 0.3) is 16.9 Å². The van der Waals surface area contributed by atoms with E-state index in [2.05, 4.69) is 10.3 Å². The zero-order chi connectivity index (χ0) is 18.1. The number of imidazole rings is 1. The highest BCUT2D eigenvalue weighted by molar-refractivity contribution is 6.30. The first kappa shape index (κ1) is 16.4. The van der Waals surface area contributed by atoms with Crippen LogP contribution < -0.4 is 5.32 Å². The second-order valence-electron chi connectivity index (χ2n) is 6.09. The van der Waals surface area contributed by atoms with Gasteiger partial charge in [-0.05, 0) is 43.3 Å². The summed E-state index contributed by atoms with van der Waals surface area (Å²) in [5.74, 6) is -0.158. The molecule has 2 aromatic carbocycles. The van der Waals surface area contributed by atoms with Crippen molar-refractivity contribution in [3.05, 3.63) is 89.2 Å².